The van der Waals surface area contributed by atoms with E-state index in [-0.39, 0.29) is 6.61 Å². The smallest absolute Gasteiger partial charge is 0.104 e. The van der Waals surface area contributed by atoms with Gasteiger partial charge in [0.25, 0.3) is 0 Å². The van der Waals surface area contributed by atoms with Crippen LogP contribution in [0.25, 0.3) is 0 Å². The van der Waals surface area contributed by atoms with Gasteiger partial charge in [0.15, 0.2) is 0 Å². The lowest BCUT2D eigenvalue weighted by Gasteiger charge is -1.95. The number of hydrogen-bond donors (Lipinski definition) is 1. The van der Waals surface area contributed by atoms with Crippen molar-refractivity contribution in [2.24, 2.45) is 0 Å². The molecule has 0 unspecified atom stereocenters. The predicted octanol–water partition coefficient (Wildman–Crippen LogP) is 2.55. The first-order chi connectivity index (χ1) is 6.36. The fraction of sp³-hybridized carbons (Fsp3) is 0.636. The first-order valence-electron chi connectivity index (χ1n) is 5.05. The number of hydrogen-bond acceptors (Lipinski definition) is 2. The molecule has 0 aliphatic carbocycles. The molecule has 0 fully saturated rings. The van der Waals surface area contributed by atoms with E-state index in [1.54, 1.807) is 0 Å². The van der Waals surface area contributed by atoms with Crippen molar-refractivity contribution >= 4 is 0 Å². The first-order valence-corrected chi connectivity index (χ1v) is 5.05. The molecule has 1 rings (SSSR count). The van der Waals surface area contributed by atoms with Crippen LogP contribution in [0.5, 0.6) is 0 Å². The Morgan fingerprint density at radius 1 is 1.15 bits per heavy atom. The topological polar surface area (TPSA) is 33.4 Å². The van der Waals surface area contributed by atoms with Gasteiger partial charge in [-0.3, -0.25) is 0 Å². The van der Waals surface area contributed by atoms with Gasteiger partial charge in [0, 0.05) is 19.4 Å². The van der Waals surface area contributed by atoms with Crippen LogP contribution in [0.2, 0.25) is 0 Å². The molecule has 1 aromatic rings. The van der Waals surface area contributed by atoms with Gasteiger partial charge in [-0.05, 0) is 31.4 Å². The first kappa shape index (κ1) is 10.3. The minimum atomic E-state index is 0.280. The Kier molecular flexibility index (Phi) is 4.61. The Hall–Kier alpha value is -0.760. The zero-order chi connectivity index (χ0) is 9.52. The molecule has 1 aromatic heterocycles. The molecule has 0 saturated carbocycles. The second-order valence-corrected chi connectivity index (χ2v) is 3.30. The number of unbranched alkanes of at least 4 members (excludes halogenated alkanes) is 1. The summed E-state index contributed by atoms with van der Waals surface area (Å²) in [5.41, 5.74) is 0. The van der Waals surface area contributed by atoms with Crippen molar-refractivity contribution in [3.63, 3.8) is 0 Å². The summed E-state index contributed by atoms with van der Waals surface area (Å²) in [5.74, 6) is 2.14. The van der Waals surface area contributed by atoms with E-state index in [4.69, 9.17) is 9.52 Å². The van der Waals surface area contributed by atoms with E-state index in [1.165, 1.54) is 0 Å². The van der Waals surface area contributed by atoms with E-state index in [2.05, 4.69) is 13.0 Å². The van der Waals surface area contributed by atoms with Crippen LogP contribution >= 0.6 is 0 Å². The van der Waals surface area contributed by atoms with Gasteiger partial charge in [0.1, 0.15) is 11.5 Å². The third-order valence-electron chi connectivity index (χ3n) is 2.04. The molecule has 13 heavy (non-hydrogen) atoms. The highest BCUT2D eigenvalue weighted by Gasteiger charge is 2.00. The van der Waals surface area contributed by atoms with Crippen LogP contribution in [-0.2, 0) is 12.8 Å². The van der Waals surface area contributed by atoms with Crippen LogP contribution in [0, 0.1) is 0 Å². The van der Waals surface area contributed by atoms with Gasteiger partial charge >= 0.3 is 0 Å². The summed E-state index contributed by atoms with van der Waals surface area (Å²) in [6, 6.07) is 4.10. The van der Waals surface area contributed by atoms with Crippen LogP contribution in [-0.4, -0.2) is 11.7 Å². The van der Waals surface area contributed by atoms with Crippen molar-refractivity contribution in [1.82, 2.24) is 0 Å². The Labute approximate surface area is 79.6 Å². The highest BCUT2D eigenvalue weighted by atomic mass is 16.3. The van der Waals surface area contributed by atoms with Gasteiger partial charge in [0.2, 0.25) is 0 Å². The molecular weight excluding hydrogens is 164 g/mol. The van der Waals surface area contributed by atoms with Gasteiger partial charge in [-0.1, -0.05) is 6.92 Å². The summed E-state index contributed by atoms with van der Waals surface area (Å²) in [6.07, 6.45) is 4.98. The maximum atomic E-state index is 8.60. The lowest BCUT2D eigenvalue weighted by Crippen LogP contribution is -1.86. The summed E-state index contributed by atoms with van der Waals surface area (Å²) < 4.78 is 5.59. The predicted molar refractivity (Wildman–Crippen MR) is 52.7 cm³/mol. The fourth-order valence-electron chi connectivity index (χ4n) is 1.35. The Morgan fingerprint density at radius 2 is 1.85 bits per heavy atom. The van der Waals surface area contributed by atoms with Crippen molar-refractivity contribution in [3.05, 3.63) is 23.7 Å². The Bertz CT molecular complexity index is 228. The summed E-state index contributed by atoms with van der Waals surface area (Å²) in [5, 5.41) is 8.60. The maximum Gasteiger partial charge on any atom is 0.104 e. The standard InChI is InChI=1S/C11H18O2/c1-2-5-10-7-8-11(13-10)6-3-4-9-12/h7-8,12H,2-6,9H2,1H3. The third kappa shape index (κ3) is 3.64. The molecule has 1 heterocycles. The highest BCUT2D eigenvalue weighted by molar-refractivity contribution is 5.07. The highest BCUT2D eigenvalue weighted by Crippen LogP contribution is 2.12. The number of furan rings is 1. The number of aliphatic hydroxyl groups is 1. The second kappa shape index (κ2) is 5.81. The molecule has 0 aromatic carbocycles. The van der Waals surface area contributed by atoms with Crippen molar-refractivity contribution in [1.29, 1.82) is 0 Å². The van der Waals surface area contributed by atoms with E-state index in [0.717, 1.165) is 43.6 Å². The van der Waals surface area contributed by atoms with Crippen molar-refractivity contribution in [2.75, 3.05) is 6.61 Å². The van der Waals surface area contributed by atoms with Crippen molar-refractivity contribution in [2.45, 2.75) is 39.0 Å². The van der Waals surface area contributed by atoms with Crippen molar-refractivity contribution in [3.8, 4) is 0 Å². The monoisotopic (exact) mass is 182 g/mol. The van der Waals surface area contributed by atoms with E-state index in [1.807, 2.05) is 6.07 Å². The lowest BCUT2D eigenvalue weighted by molar-refractivity contribution is 0.283. The molecule has 2 nitrogen and oxygen atoms in total. The average Bonchev–Trinajstić information content (AvgIpc) is 2.54. The van der Waals surface area contributed by atoms with E-state index in [0.29, 0.717) is 0 Å². The SMILES string of the molecule is CCCc1ccc(CCCCO)o1. The molecule has 74 valence electrons. The van der Waals surface area contributed by atoms with Crippen LogP contribution in [0.3, 0.4) is 0 Å². The normalized spacial score (nSPS) is 10.6. The van der Waals surface area contributed by atoms with E-state index >= 15 is 0 Å². The van der Waals surface area contributed by atoms with E-state index in [9.17, 15) is 0 Å². The van der Waals surface area contributed by atoms with Crippen molar-refractivity contribution < 1.29 is 9.52 Å². The molecule has 2 heteroatoms. The molecule has 0 aliphatic heterocycles. The quantitative estimate of drug-likeness (QED) is 0.686. The molecule has 0 aliphatic rings. The largest absolute Gasteiger partial charge is 0.466 e. The number of aryl methyl sites for hydroxylation is 2. The van der Waals surface area contributed by atoms with Gasteiger partial charge in [-0.15, -0.1) is 0 Å². The van der Waals surface area contributed by atoms with Gasteiger partial charge in [-0.2, -0.15) is 0 Å². The summed E-state index contributed by atoms with van der Waals surface area (Å²) in [6.45, 7) is 2.43. The molecule has 0 bridgehead atoms. The van der Waals surface area contributed by atoms with Crippen LogP contribution in [0.15, 0.2) is 16.5 Å². The molecule has 0 spiro atoms. The summed E-state index contributed by atoms with van der Waals surface area (Å²) in [4.78, 5) is 0. The average molecular weight is 182 g/mol. The molecular formula is C11H18O2. The van der Waals surface area contributed by atoms with Gasteiger partial charge < -0.3 is 9.52 Å². The number of rotatable bonds is 6. The summed E-state index contributed by atoms with van der Waals surface area (Å²) in [7, 11) is 0. The third-order valence-corrected chi connectivity index (χ3v) is 2.04. The lowest BCUT2D eigenvalue weighted by atomic mass is 10.2. The van der Waals surface area contributed by atoms with E-state index < -0.39 is 0 Å². The molecule has 1 N–H and O–H groups in total. The summed E-state index contributed by atoms with van der Waals surface area (Å²) >= 11 is 0. The molecule has 0 amide bonds. The Morgan fingerprint density at radius 3 is 2.46 bits per heavy atom. The van der Waals surface area contributed by atoms with Gasteiger partial charge in [-0.25, -0.2) is 0 Å². The fourth-order valence-corrected chi connectivity index (χ4v) is 1.35. The zero-order valence-electron chi connectivity index (χ0n) is 8.25. The minimum absolute atomic E-state index is 0.280. The van der Waals surface area contributed by atoms with Crippen LogP contribution < -0.4 is 0 Å². The molecule has 0 radical (unpaired) electrons. The van der Waals surface area contributed by atoms with Crippen LogP contribution in [0.1, 0.15) is 37.7 Å². The number of aliphatic hydroxyl groups excluding tert-OH is 1. The minimum Gasteiger partial charge on any atom is -0.466 e. The van der Waals surface area contributed by atoms with Gasteiger partial charge in [0.05, 0.1) is 0 Å². The second-order valence-electron chi connectivity index (χ2n) is 3.30. The zero-order valence-corrected chi connectivity index (χ0v) is 8.25. The molecule has 0 atom stereocenters. The Balaban J connectivity index is 2.31. The molecule has 0 saturated heterocycles. The maximum absolute atomic E-state index is 8.60. The van der Waals surface area contributed by atoms with Crippen LogP contribution in [0.4, 0.5) is 0 Å².